The lowest BCUT2D eigenvalue weighted by Crippen LogP contribution is -2.21. The van der Waals surface area contributed by atoms with Crippen molar-refractivity contribution in [3.05, 3.63) is 32.4 Å². The predicted octanol–water partition coefficient (Wildman–Crippen LogP) is 4.62. The van der Waals surface area contributed by atoms with Gasteiger partial charge in [0.1, 0.15) is 5.15 Å². The Morgan fingerprint density at radius 3 is 2.82 bits per heavy atom. The molecule has 2 aromatic rings. The number of aromatic nitrogens is 1. The number of nitrogens with zero attached hydrogens (tertiary/aromatic N) is 2. The Bertz CT molecular complexity index is 468. The SMILES string of the molecule is CCN(Cc1cccs1)c1nc(Cl)c(CCl)s1. The lowest BCUT2D eigenvalue weighted by atomic mass is 10.4. The molecule has 0 aliphatic carbocycles. The van der Waals surface area contributed by atoms with Crippen LogP contribution in [0.15, 0.2) is 17.5 Å². The summed E-state index contributed by atoms with van der Waals surface area (Å²) < 4.78 is 0. The minimum Gasteiger partial charge on any atom is -0.343 e. The second-order valence-electron chi connectivity index (χ2n) is 3.44. The Balaban J connectivity index is 2.17. The van der Waals surface area contributed by atoms with E-state index in [1.807, 2.05) is 0 Å². The Morgan fingerprint density at radius 2 is 2.29 bits per heavy atom. The minimum absolute atomic E-state index is 0.424. The highest BCUT2D eigenvalue weighted by Crippen LogP contribution is 2.31. The summed E-state index contributed by atoms with van der Waals surface area (Å²) in [6.07, 6.45) is 0. The number of anilines is 1. The van der Waals surface area contributed by atoms with Crippen molar-refractivity contribution in [2.45, 2.75) is 19.3 Å². The molecular formula is C11H12Cl2N2S2. The largest absolute Gasteiger partial charge is 0.343 e. The van der Waals surface area contributed by atoms with Crippen LogP contribution in [0.3, 0.4) is 0 Å². The summed E-state index contributed by atoms with van der Waals surface area (Å²) in [7, 11) is 0. The molecule has 17 heavy (non-hydrogen) atoms. The van der Waals surface area contributed by atoms with Gasteiger partial charge in [-0.1, -0.05) is 29.0 Å². The average molecular weight is 307 g/mol. The fourth-order valence-corrected chi connectivity index (χ4v) is 3.70. The molecule has 0 N–H and O–H groups in total. The van der Waals surface area contributed by atoms with E-state index in [1.54, 1.807) is 22.7 Å². The van der Waals surface area contributed by atoms with Crippen LogP contribution in [-0.2, 0) is 12.4 Å². The third kappa shape index (κ3) is 3.13. The predicted molar refractivity (Wildman–Crippen MR) is 77.7 cm³/mol. The second kappa shape index (κ2) is 6.05. The zero-order chi connectivity index (χ0) is 12.3. The van der Waals surface area contributed by atoms with Crippen molar-refractivity contribution in [3.8, 4) is 0 Å². The Labute approximate surface area is 119 Å². The summed E-state index contributed by atoms with van der Waals surface area (Å²) in [6, 6.07) is 4.19. The first-order valence-corrected chi connectivity index (χ1v) is 7.84. The molecule has 2 rings (SSSR count). The third-order valence-corrected chi connectivity index (χ3v) is 5.17. The van der Waals surface area contributed by atoms with E-state index in [1.165, 1.54) is 4.88 Å². The van der Waals surface area contributed by atoms with Gasteiger partial charge in [0, 0.05) is 11.4 Å². The van der Waals surface area contributed by atoms with Gasteiger partial charge in [-0.2, -0.15) is 0 Å². The first-order valence-electron chi connectivity index (χ1n) is 5.23. The summed E-state index contributed by atoms with van der Waals surface area (Å²) in [6.45, 7) is 3.90. The molecule has 0 fully saturated rings. The van der Waals surface area contributed by atoms with Gasteiger partial charge in [-0.25, -0.2) is 4.98 Å². The normalized spacial score (nSPS) is 10.8. The van der Waals surface area contributed by atoms with E-state index in [0.717, 1.165) is 23.1 Å². The maximum atomic E-state index is 6.02. The van der Waals surface area contributed by atoms with Gasteiger partial charge in [0.25, 0.3) is 0 Å². The summed E-state index contributed by atoms with van der Waals surface area (Å²) in [4.78, 5) is 8.83. The molecule has 0 spiro atoms. The lowest BCUT2D eigenvalue weighted by Gasteiger charge is -2.18. The van der Waals surface area contributed by atoms with Crippen LogP contribution in [0.2, 0.25) is 5.15 Å². The topological polar surface area (TPSA) is 16.1 Å². The van der Waals surface area contributed by atoms with Crippen molar-refractivity contribution >= 4 is 51.0 Å². The van der Waals surface area contributed by atoms with Crippen LogP contribution in [0.25, 0.3) is 0 Å². The van der Waals surface area contributed by atoms with E-state index in [2.05, 4.69) is 34.3 Å². The van der Waals surface area contributed by atoms with Gasteiger partial charge in [-0.05, 0) is 18.4 Å². The number of hydrogen-bond acceptors (Lipinski definition) is 4. The number of halogens is 2. The average Bonchev–Trinajstić information content (AvgIpc) is 2.95. The smallest absolute Gasteiger partial charge is 0.187 e. The van der Waals surface area contributed by atoms with Gasteiger partial charge in [0.15, 0.2) is 5.13 Å². The number of thiophene rings is 1. The Hall–Kier alpha value is -0.290. The fourth-order valence-electron chi connectivity index (χ4n) is 1.44. The molecule has 0 saturated heterocycles. The molecule has 0 saturated carbocycles. The molecule has 0 amide bonds. The maximum Gasteiger partial charge on any atom is 0.187 e. The minimum atomic E-state index is 0.424. The zero-order valence-electron chi connectivity index (χ0n) is 9.32. The molecule has 0 radical (unpaired) electrons. The molecule has 2 aromatic heterocycles. The van der Waals surface area contributed by atoms with Crippen LogP contribution >= 0.6 is 45.9 Å². The van der Waals surface area contributed by atoms with Crippen molar-refractivity contribution in [2.24, 2.45) is 0 Å². The highest BCUT2D eigenvalue weighted by molar-refractivity contribution is 7.16. The molecule has 2 heterocycles. The van der Waals surface area contributed by atoms with Crippen LogP contribution in [-0.4, -0.2) is 11.5 Å². The van der Waals surface area contributed by atoms with Crippen molar-refractivity contribution in [2.75, 3.05) is 11.4 Å². The van der Waals surface area contributed by atoms with E-state index >= 15 is 0 Å². The molecule has 2 nitrogen and oxygen atoms in total. The van der Waals surface area contributed by atoms with Gasteiger partial charge >= 0.3 is 0 Å². The molecule has 0 aliphatic rings. The molecular weight excluding hydrogens is 295 g/mol. The van der Waals surface area contributed by atoms with Gasteiger partial charge < -0.3 is 4.90 Å². The van der Waals surface area contributed by atoms with Crippen molar-refractivity contribution in [1.29, 1.82) is 0 Å². The molecule has 0 aromatic carbocycles. The quantitative estimate of drug-likeness (QED) is 0.749. The van der Waals surface area contributed by atoms with Crippen LogP contribution in [0.5, 0.6) is 0 Å². The molecule has 0 bridgehead atoms. The monoisotopic (exact) mass is 306 g/mol. The fraction of sp³-hybridized carbons (Fsp3) is 0.364. The Morgan fingerprint density at radius 1 is 1.47 bits per heavy atom. The van der Waals surface area contributed by atoms with Gasteiger partial charge in [0.05, 0.1) is 17.3 Å². The summed E-state index contributed by atoms with van der Waals surface area (Å²) >= 11 is 15.1. The molecule has 92 valence electrons. The number of rotatable bonds is 5. The highest BCUT2D eigenvalue weighted by Gasteiger charge is 2.14. The highest BCUT2D eigenvalue weighted by atomic mass is 35.5. The van der Waals surface area contributed by atoms with Crippen LogP contribution < -0.4 is 4.90 Å². The molecule has 0 unspecified atom stereocenters. The van der Waals surface area contributed by atoms with E-state index in [0.29, 0.717) is 11.0 Å². The van der Waals surface area contributed by atoms with Crippen molar-refractivity contribution in [3.63, 3.8) is 0 Å². The van der Waals surface area contributed by atoms with E-state index < -0.39 is 0 Å². The summed E-state index contributed by atoms with van der Waals surface area (Å²) in [5, 5.41) is 3.56. The van der Waals surface area contributed by atoms with Crippen LogP contribution in [0.4, 0.5) is 5.13 Å². The maximum absolute atomic E-state index is 6.02. The zero-order valence-corrected chi connectivity index (χ0v) is 12.5. The third-order valence-electron chi connectivity index (χ3n) is 2.34. The number of alkyl halides is 1. The molecule has 6 heteroatoms. The Kier molecular flexibility index (Phi) is 4.68. The first kappa shape index (κ1) is 13.1. The van der Waals surface area contributed by atoms with Crippen molar-refractivity contribution < 1.29 is 0 Å². The summed E-state index contributed by atoms with van der Waals surface area (Å²) in [5.74, 6) is 0.424. The van der Waals surface area contributed by atoms with E-state index in [4.69, 9.17) is 23.2 Å². The molecule has 0 atom stereocenters. The van der Waals surface area contributed by atoms with Crippen LogP contribution in [0, 0.1) is 0 Å². The number of hydrogen-bond donors (Lipinski definition) is 0. The standard InChI is InChI=1S/C11H12Cl2N2S2/c1-2-15(7-8-4-3-5-16-8)11-14-10(13)9(6-12)17-11/h3-5H,2,6-7H2,1H3. The molecule has 0 aliphatic heterocycles. The lowest BCUT2D eigenvalue weighted by molar-refractivity contribution is 0.837. The van der Waals surface area contributed by atoms with Gasteiger partial charge in [0.2, 0.25) is 0 Å². The van der Waals surface area contributed by atoms with E-state index in [9.17, 15) is 0 Å². The summed E-state index contributed by atoms with van der Waals surface area (Å²) in [5.41, 5.74) is 0. The number of thiazole rings is 1. The second-order valence-corrected chi connectivity index (χ2v) is 6.16. The first-order chi connectivity index (χ1) is 8.24. The van der Waals surface area contributed by atoms with Crippen molar-refractivity contribution in [1.82, 2.24) is 4.98 Å². The van der Waals surface area contributed by atoms with Gasteiger partial charge in [-0.15, -0.1) is 22.9 Å². The van der Waals surface area contributed by atoms with Gasteiger partial charge in [-0.3, -0.25) is 0 Å². The van der Waals surface area contributed by atoms with E-state index in [-0.39, 0.29) is 0 Å². The van der Waals surface area contributed by atoms with Crippen LogP contribution in [0.1, 0.15) is 16.7 Å².